The van der Waals surface area contributed by atoms with Crippen molar-refractivity contribution in [3.8, 4) is 23.0 Å². The molecule has 4 saturated heterocycles. The lowest BCUT2D eigenvalue weighted by atomic mass is 9.60. The zero-order valence-corrected chi connectivity index (χ0v) is 53.0. The number of aromatic hydroxyl groups is 4. The van der Waals surface area contributed by atoms with E-state index in [2.05, 4.69) is 107 Å². The molecule has 0 aromatic heterocycles. The van der Waals surface area contributed by atoms with Crippen molar-refractivity contribution < 1.29 is 63.4 Å². The molecule has 0 radical (unpaired) electrons. The Balaban J connectivity index is 0.000000219. The molecule has 82 heavy (non-hydrogen) atoms. The summed E-state index contributed by atoms with van der Waals surface area (Å²) < 4.78 is 50.0. The molecule has 4 aromatic carbocycles. The Bertz CT molecular complexity index is 2700. The van der Waals surface area contributed by atoms with Crippen LogP contribution in [0.2, 0.25) is 0 Å². The maximum atomic E-state index is 11.9. The highest BCUT2D eigenvalue weighted by atomic mass is 16.7. The average Bonchev–Trinajstić information content (AvgIpc) is 3.59. The molecule has 13 nitrogen and oxygen atoms in total. The summed E-state index contributed by atoms with van der Waals surface area (Å²) in [4.78, 5) is 0. The number of rotatable bonds is 8. The van der Waals surface area contributed by atoms with Gasteiger partial charge in [-0.05, 0) is 154 Å². The maximum Gasteiger partial charge on any atom is 0.161 e. The van der Waals surface area contributed by atoms with Crippen LogP contribution in [0.4, 0.5) is 0 Å². The van der Waals surface area contributed by atoms with Crippen LogP contribution >= 0.6 is 0 Å². The van der Waals surface area contributed by atoms with E-state index in [1.807, 2.05) is 53.7 Å². The van der Waals surface area contributed by atoms with E-state index in [4.69, 9.17) is 37.9 Å². The van der Waals surface area contributed by atoms with Gasteiger partial charge in [-0.3, -0.25) is 0 Å². The highest BCUT2D eigenvalue weighted by molar-refractivity contribution is 5.53. The van der Waals surface area contributed by atoms with Crippen LogP contribution in [0, 0.1) is 57.8 Å². The van der Waals surface area contributed by atoms with Gasteiger partial charge in [0.1, 0.15) is 23.0 Å². The van der Waals surface area contributed by atoms with E-state index in [0.717, 1.165) is 97.2 Å². The molecule has 5 aliphatic rings. The quantitative estimate of drug-likeness (QED) is 0.113. The molecule has 0 unspecified atom stereocenters. The van der Waals surface area contributed by atoms with Gasteiger partial charge in [-0.2, -0.15) is 0 Å². The Morgan fingerprint density at radius 1 is 0.378 bits per heavy atom. The summed E-state index contributed by atoms with van der Waals surface area (Å²) in [6.45, 7) is 40.9. The van der Waals surface area contributed by atoms with Crippen molar-refractivity contribution in [2.45, 2.75) is 222 Å². The number of hydrogen-bond acceptors (Lipinski definition) is 13. The van der Waals surface area contributed by atoms with Crippen molar-refractivity contribution in [3.63, 3.8) is 0 Å². The van der Waals surface area contributed by atoms with Crippen molar-refractivity contribution in [1.29, 1.82) is 0 Å². The third kappa shape index (κ3) is 13.7. The molecular formula is C69H100O13. The number of hydrogen-bond donors (Lipinski definition) is 5. The number of aliphatic hydroxyl groups excluding tert-OH is 1. The first-order valence-corrected chi connectivity index (χ1v) is 30.0. The largest absolute Gasteiger partial charge is 0.507 e. The summed E-state index contributed by atoms with van der Waals surface area (Å²) in [5.41, 5.74) is 11.8. The van der Waals surface area contributed by atoms with Gasteiger partial charge >= 0.3 is 0 Å². The van der Waals surface area contributed by atoms with Crippen LogP contribution in [0.5, 0.6) is 23.0 Å². The van der Waals surface area contributed by atoms with Crippen molar-refractivity contribution in [1.82, 2.24) is 0 Å². The molecule has 9 rings (SSSR count). The highest BCUT2D eigenvalue weighted by Gasteiger charge is 2.57. The summed E-state index contributed by atoms with van der Waals surface area (Å²) in [6, 6.07) is 12.3. The lowest BCUT2D eigenvalue weighted by Crippen LogP contribution is -2.62. The SMILES string of the molecule is Cc1c(CC2OCC3(CCCC4(COC(Cc5cc(C(C)(C)C)c(O)c(C)c5C)OC4)C3O)CO2)cc(C(C)(C)C)c(O)c1C.Cc1cc(CC2OCC3(CO2)COC(Cc2cc(C)c(O)c(C(C)(C)C)c2)OC3)cc(C(C)(C)C)c1O. The second-order valence-electron chi connectivity index (χ2n) is 29.5. The highest BCUT2D eigenvalue weighted by Crippen LogP contribution is 2.51. The lowest BCUT2D eigenvalue weighted by molar-refractivity contribution is -0.308. The van der Waals surface area contributed by atoms with E-state index in [9.17, 15) is 25.5 Å². The Morgan fingerprint density at radius 3 is 0.963 bits per heavy atom. The zero-order valence-electron chi connectivity index (χ0n) is 53.0. The van der Waals surface area contributed by atoms with Gasteiger partial charge in [-0.15, -0.1) is 0 Å². The summed E-state index contributed by atoms with van der Waals surface area (Å²) in [7, 11) is 0. The standard InChI is InChI=1S/C38H56O7.C31H44O6/c1-22-24(3)32(39)28(35(5,6)7)14-26(22)16-30-42-18-37(19-43-30)12-11-13-38(34(37)41)20-44-31(45-21-38)17-27-15-29(36(8,9)10)33(40)25(4)23(27)2;1-19-9-21(11-23(27(19)32)29(3,4)5)13-25-34-15-31(16-35-25)17-36-26(37-18-31)14-22-10-20(2)28(33)24(12-22)30(6,7)8/h14-15,30-31,34,39-41H,11-13,16-21H2,1-10H3;9-12,25-26,32-33H,13-18H2,1-8H3. The van der Waals surface area contributed by atoms with Gasteiger partial charge in [-0.25, -0.2) is 0 Å². The minimum Gasteiger partial charge on any atom is -0.507 e. The summed E-state index contributed by atoms with van der Waals surface area (Å²) in [5, 5.41) is 54.6. The van der Waals surface area contributed by atoms with Gasteiger partial charge in [0.25, 0.3) is 0 Å². The Labute approximate surface area is 490 Å². The van der Waals surface area contributed by atoms with Crippen LogP contribution in [-0.4, -0.2) is 110 Å². The fourth-order valence-electron chi connectivity index (χ4n) is 12.8. The number of aliphatic hydroxyl groups is 1. The average molecular weight is 1140 g/mol. The van der Waals surface area contributed by atoms with E-state index in [-0.39, 0.29) is 39.7 Å². The Kier molecular flexibility index (Phi) is 18.6. The van der Waals surface area contributed by atoms with Crippen molar-refractivity contribution in [2.24, 2.45) is 16.2 Å². The second kappa shape index (κ2) is 23.9. The van der Waals surface area contributed by atoms with Gasteiger partial charge in [0.2, 0.25) is 0 Å². The third-order valence-corrected chi connectivity index (χ3v) is 18.5. The predicted molar refractivity (Wildman–Crippen MR) is 320 cm³/mol. The van der Waals surface area contributed by atoms with Crippen molar-refractivity contribution in [3.05, 3.63) is 114 Å². The van der Waals surface area contributed by atoms with Gasteiger partial charge in [0.15, 0.2) is 25.2 Å². The molecule has 13 heteroatoms. The number of phenols is 4. The van der Waals surface area contributed by atoms with Gasteiger partial charge in [-0.1, -0.05) is 126 Å². The molecule has 5 N–H and O–H groups in total. The normalized spacial score (nSPS) is 27.4. The summed E-state index contributed by atoms with van der Waals surface area (Å²) in [5.74, 6) is 1.46. The van der Waals surface area contributed by atoms with Gasteiger partial charge in [0.05, 0.1) is 64.4 Å². The molecule has 4 aromatic rings. The van der Waals surface area contributed by atoms with E-state index in [1.165, 1.54) is 0 Å². The van der Waals surface area contributed by atoms with Crippen molar-refractivity contribution in [2.75, 3.05) is 52.9 Å². The molecule has 4 heterocycles. The Hall–Kier alpha value is -4.28. The monoisotopic (exact) mass is 1140 g/mol. The van der Waals surface area contributed by atoms with Crippen LogP contribution in [0.1, 0.15) is 180 Å². The third-order valence-electron chi connectivity index (χ3n) is 18.5. The van der Waals surface area contributed by atoms with Crippen LogP contribution in [0.15, 0.2) is 36.4 Å². The van der Waals surface area contributed by atoms with Crippen LogP contribution in [0.25, 0.3) is 0 Å². The molecule has 5 fully saturated rings. The second-order valence-corrected chi connectivity index (χ2v) is 29.5. The first kappa shape index (κ1) is 63.7. The minimum atomic E-state index is -0.670. The van der Waals surface area contributed by atoms with Crippen molar-refractivity contribution >= 4 is 0 Å². The first-order valence-electron chi connectivity index (χ1n) is 30.0. The molecular weight excluding hydrogens is 1040 g/mol. The number of benzene rings is 4. The van der Waals surface area contributed by atoms with E-state index < -0.39 is 29.5 Å². The molecule has 0 bridgehead atoms. The summed E-state index contributed by atoms with van der Waals surface area (Å²) >= 11 is 0. The molecule has 3 spiro atoms. The minimum absolute atomic E-state index is 0.149. The predicted octanol–water partition coefficient (Wildman–Crippen LogP) is 12.8. The molecule has 0 atom stereocenters. The fraction of sp³-hybridized carbons (Fsp3) is 0.652. The first-order chi connectivity index (χ1) is 38.0. The van der Waals surface area contributed by atoms with Crippen LogP contribution < -0.4 is 0 Å². The zero-order chi connectivity index (χ0) is 60.3. The van der Waals surface area contributed by atoms with E-state index in [1.54, 1.807) is 0 Å². The Morgan fingerprint density at radius 2 is 0.659 bits per heavy atom. The van der Waals surface area contributed by atoms with E-state index in [0.29, 0.717) is 102 Å². The number of aryl methyl sites for hydroxylation is 2. The van der Waals surface area contributed by atoms with Gasteiger partial charge < -0.3 is 63.4 Å². The van der Waals surface area contributed by atoms with Gasteiger partial charge in [0, 0.05) is 36.5 Å². The lowest BCUT2D eigenvalue weighted by Gasteiger charge is -2.55. The smallest absolute Gasteiger partial charge is 0.161 e. The summed E-state index contributed by atoms with van der Waals surface area (Å²) in [6.07, 6.45) is 2.89. The maximum absolute atomic E-state index is 11.9. The molecule has 4 aliphatic heterocycles. The molecule has 1 aliphatic carbocycles. The topological polar surface area (TPSA) is 175 Å². The van der Waals surface area contributed by atoms with E-state index >= 15 is 0 Å². The molecule has 0 amide bonds. The molecule has 1 saturated carbocycles. The number of ether oxygens (including phenoxy) is 8. The number of phenolic OH excluding ortho intramolecular Hbond substituents is 4. The van der Waals surface area contributed by atoms with Crippen LogP contribution in [0.3, 0.4) is 0 Å². The van der Waals surface area contributed by atoms with Crippen LogP contribution in [-0.2, 0) is 85.2 Å². The fourth-order valence-corrected chi connectivity index (χ4v) is 12.8. The molecule has 454 valence electrons.